The maximum atomic E-state index is 6.00. The van der Waals surface area contributed by atoms with Gasteiger partial charge in [0.25, 0.3) is 0 Å². The fraction of sp³-hybridized carbons (Fsp3) is 1.00. The second-order valence-corrected chi connectivity index (χ2v) is 5.54. The smallest absolute Gasteiger partial charge is 0.00817 e. The summed E-state index contributed by atoms with van der Waals surface area (Å²) < 4.78 is 0. The van der Waals surface area contributed by atoms with Crippen LogP contribution in [0.5, 0.6) is 0 Å². The number of rotatable bonds is 6. The molecule has 0 radical (unpaired) electrons. The lowest BCUT2D eigenvalue weighted by molar-refractivity contribution is 0.121. The van der Waals surface area contributed by atoms with Crippen molar-refractivity contribution in [1.82, 2.24) is 4.90 Å². The minimum atomic E-state index is 0.446. The van der Waals surface area contributed by atoms with Crippen LogP contribution in [0.25, 0.3) is 0 Å². The fourth-order valence-electron chi connectivity index (χ4n) is 2.78. The Balaban J connectivity index is 2.33. The van der Waals surface area contributed by atoms with Gasteiger partial charge in [-0.05, 0) is 38.6 Å². The van der Waals surface area contributed by atoms with Crippen molar-refractivity contribution >= 4 is 0 Å². The maximum absolute atomic E-state index is 6.00. The van der Waals surface area contributed by atoms with Gasteiger partial charge in [0.05, 0.1) is 0 Å². The highest BCUT2D eigenvalue weighted by molar-refractivity contribution is 4.81. The average molecular weight is 226 g/mol. The van der Waals surface area contributed by atoms with Crippen LogP contribution >= 0.6 is 0 Å². The first-order valence-electron chi connectivity index (χ1n) is 7.17. The van der Waals surface area contributed by atoms with E-state index in [1.807, 2.05) is 0 Å². The predicted molar refractivity (Wildman–Crippen MR) is 71.6 cm³/mol. The Morgan fingerprint density at radius 1 is 1.38 bits per heavy atom. The quantitative estimate of drug-likeness (QED) is 0.754. The highest BCUT2D eigenvalue weighted by Crippen LogP contribution is 2.21. The molecule has 1 heterocycles. The Morgan fingerprint density at radius 3 is 2.69 bits per heavy atom. The van der Waals surface area contributed by atoms with Crippen molar-refractivity contribution in [2.24, 2.45) is 11.7 Å². The Hall–Kier alpha value is -0.0800. The largest absolute Gasteiger partial charge is 0.328 e. The monoisotopic (exact) mass is 226 g/mol. The lowest BCUT2D eigenvalue weighted by Gasteiger charge is -2.38. The summed E-state index contributed by atoms with van der Waals surface area (Å²) in [4.78, 5) is 2.66. The van der Waals surface area contributed by atoms with Crippen LogP contribution in [0.4, 0.5) is 0 Å². The van der Waals surface area contributed by atoms with Crippen LogP contribution < -0.4 is 5.73 Å². The minimum Gasteiger partial charge on any atom is -0.328 e. The molecule has 0 spiro atoms. The summed E-state index contributed by atoms with van der Waals surface area (Å²) in [5, 5.41) is 0. The molecule has 96 valence electrons. The summed E-state index contributed by atoms with van der Waals surface area (Å²) in [6.07, 6.45) is 7.83. The van der Waals surface area contributed by atoms with E-state index in [9.17, 15) is 0 Å². The highest BCUT2D eigenvalue weighted by atomic mass is 15.2. The molecule has 1 rings (SSSR count). The molecule has 0 bridgehead atoms. The summed E-state index contributed by atoms with van der Waals surface area (Å²) >= 11 is 0. The molecular formula is C14H30N2. The third-order valence-electron chi connectivity index (χ3n) is 4.09. The zero-order chi connectivity index (χ0) is 12.0. The minimum absolute atomic E-state index is 0.446. The molecule has 1 saturated heterocycles. The fourth-order valence-corrected chi connectivity index (χ4v) is 2.78. The van der Waals surface area contributed by atoms with Crippen molar-refractivity contribution in [2.75, 3.05) is 13.1 Å². The van der Waals surface area contributed by atoms with E-state index in [4.69, 9.17) is 5.73 Å². The molecule has 1 aliphatic rings. The zero-order valence-corrected chi connectivity index (χ0v) is 11.4. The van der Waals surface area contributed by atoms with Crippen molar-refractivity contribution in [2.45, 2.75) is 71.4 Å². The number of nitrogens with zero attached hydrogens (tertiary/aromatic N) is 1. The van der Waals surface area contributed by atoms with Gasteiger partial charge in [0.2, 0.25) is 0 Å². The van der Waals surface area contributed by atoms with Crippen LogP contribution in [0.3, 0.4) is 0 Å². The lowest BCUT2D eigenvalue weighted by Crippen LogP contribution is -2.47. The summed E-state index contributed by atoms with van der Waals surface area (Å²) in [5.74, 6) is 0.900. The molecule has 0 aromatic heterocycles. The van der Waals surface area contributed by atoms with E-state index < -0.39 is 0 Å². The topological polar surface area (TPSA) is 29.3 Å². The Kier molecular flexibility index (Phi) is 6.37. The summed E-state index contributed by atoms with van der Waals surface area (Å²) in [6, 6.07) is 1.14. The molecular weight excluding hydrogens is 196 g/mol. The van der Waals surface area contributed by atoms with E-state index in [1.54, 1.807) is 0 Å². The first kappa shape index (κ1) is 14.0. The van der Waals surface area contributed by atoms with E-state index in [1.165, 1.54) is 51.6 Å². The second kappa shape index (κ2) is 7.29. The van der Waals surface area contributed by atoms with Crippen LogP contribution in [0.1, 0.15) is 59.3 Å². The molecule has 3 unspecified atom stereocenters. The molecule has 0 saturated carbocycles. The van der Waals surface area contributed by atoms with Gasteiger partial charge >= 0.3 is 0 Å². The van der Waals surface area contributed by atoms with Crippen LogP contribution in [0.2, 0.25) is 0 Å². The maximum Gasteiger partial charge on any atom is 0.00817 e. The Morgan fingerprint density at radius 2 is 2.12 bits per heavy atom. The molecule has 3 atom stereocenters. The van der Waals surface area contributed by atoms with Crippen molar-refractivity contribution < 1.29 is 0 Å². The van der Waals surface area contributed by atoms with Crippen LogP contribution in [0, 0.1) is 5.92 Å². The standard InChI is InChI=1S/C14H30N2/c1-4-6-7-13(5-2)11-16-9-8-14(15)10-12(16)3/h12-14H,4-11,15H2,1-3H3. The second-order valence-electron chi connectivity index (χ2n) is 5.54. The van der Waals surface area contributed by atoms with E-state index >= 15 is 0 Å². The van der Waals surface area contributed by atoms with Gasteiger partial charge in [0.1, 0.15) is 0 Å². The summed E-state index contributed by atoms with van der Waals surface area (Å²) in [5.41, 5.74) is 6.00. The van der Waals surface area contributed by atoms with Gasteiger partial charge in [-0.2, -0.15) is 0 Å². The molecule has 1 aliphatic heterocycles. The van der Waals surface area contributed by atoms with E-state index in [2.05, 4.69) is 25.7 Å². The highest BCUT2D eigenvalue weighted by Gasteiger charge is 2.24. The van der Waals surface area contributed by atoms with E-state index in [0.717, 1.165) is 5.92 Å². The first-order valence-corrected chi connectivity index (χ1v) is 7.17. The van der Waals surface area contributed by atoms with Gasteiger partial charge in [0.15, 0.2) is 0 Å². The van der Waals surface area contributed by atoms with Crippen LogP contribution in [0.15, 0.2) is 0 Å². The van der Waals surface area contributed by atoms with Gasteiger partial charge in [-0.3, -0.25) is 0 Å². The number of likely N-dealkylation sites (tertiary alicyclic amines) is 1. The van der Waals surface area contributed by atoms with Crippen molar-refractivity contribution in [3.05, 3.63) is 0 Å². The Bertz CT molecular complexity index is 182. The molecule has 16 heavy (non-hydrogen) atoms. The van der Waals surface area contributed by atoms with Crippen molar-refractivity contribution in [1.29, 1.82) is 0 Å². The van der Waals surface area contributed by atoms with Gasteiger partial charge in [-0.1, -0.05) is 33.1 Å². The first-order chi connectivity index (χ1) is 7.67. The molecule has 0 aliphatic carbocycles. The molecule has 2 N–H and O–H groups in total. The summed E-state index contributed by atoms with van der Waals surface area (Å²) in [6.45, 7) is 9.47. The van der Waals surface area contributed by atoms with Crippen LogP contribution in [-0.2, 0) is 0 Å². The molecule has 0 aromatic rings. The number of unbranched alkanes of at least 4 members (excludes halogenated alkanes) is 1. The molecule has 0 amide bonds. The number of nitrogens with two attached hydrogens (primary N) is 1. The van der Waals surface area contributed by atoms with Gasteiger partial charge in [-0.15, -0.1) is 0 Å². The molecule has 2 nitrogen and oxygen atoms in total. The van der Waals surface area contributed by atoms with Gasteiger partial charge < -0.3 is 10.6 Å². The van der Waals surface area contributed by atoms with E-state index in [-0.39, 0.29) is 0 Å². The van der Waals surface area contributed by atoms with E-state index in [0.29, 0.717) is 12.1 Å². The van der Waals surface area contributed by atoms with Gasteiger partial charge in [0, 0.05) is 18.6 Å². The lowest BCUT2D eigenvalue weighted by atomic mass is 9.94. The van der Waals surface area contributed by atoms with Crippen molar-refractivity contribution in [3.63, 3.8) is 0 Å². The predicted octanol–water partition coefficient (Wildman–Crippen LogP) is 3.01. The number of hydrogen-bond acceptors (Lipinski definition) is 2. The Labute approximate surface area is 102 Å². The van der Waals surface area contributed by atoms with Crippen LogP contribution in [-0.4, -0.2) is 30.1 Å². The normalized spacial score (nSPS) is 29.2. The molecule has 2 heteroatoms. The SMILES string of the molecule is CCCCC(CC)CN1CCC(N)CC1C. The average Bonchev–Trinajstić information content (AvgIpc) is 2.27. The van der Waals surface area contributed by atoms with Gasteiger partial charge in [-0.25, -0.2) is 0 Å². The number of hydrogen-bond donors (Lipinski definition) is 1. The molecule has 1 fully saturated rings. The number of piperidine rings is 1. The zero-order valence-electron chi connectivity index (χ0n) is 11.4. The third-order valence-corrected chi connectivity index (χ3v) is 4.09. The van der Waals surface area contributed by atoms with Crippen molar-refractivity contribution in [3.8, 4) is 0 Å². The third kappa shape index (κ3) is 4.42. The molecule has 0 aromatic carbocycles. The summed E-state index contributed by atoms with van der Waals surface area (Å²) in [7, 11) is 0.